The van der Waals surface area contributed by atoms with Gasteiger partial charge in [0.05, 0.1) is 6.10 Å². The van der Waals surface area contributed by atoms with Gasteiger partial charge in [-0.1, -0.05) is 43.2 Å². The number of fused-ring (bicyclic) bond motifs is 1. The Morgan fingerprint density at radius 2 is 1.89 bits per heavy atom. The third-order valence-corrected chi connectivity index (χ3v) is 5.00. The van der Waals surface area contributed by atoms with Crippen molar-refractivity contribution in [1.29, 1.82) is 0 Å². The highest BCUT2D eigenvalue weighted by Gasteiger charge is 2.35. The number of hydrogen-bond donors (Lipinski definition) is 1. The molecule has 1 heterocycles. The van der Waals surface area contributed by atoms with Crippen molar-refractivity contribution in [3.8, 4) is 0 Å². The summed E-state index contributed by atoms with van der Waals surface area (Å²) >= 11 is 0. The fraction of sp³-hybridized carbons (Fsp3) is 0.647. The molecule has 1 aromatic rings. The minimum absolute atomic E-state index is 0.302. The topological polar surface area (TPSA) is 23.5 Å². The molecule has 3 rings (SSSR count). The van der Waals surface area contributed by atoms with Gasteiger partial charge in [0.15, 0.2) is 0 Å². The highest BCUT2D eigenvalue weighted by molar-refractivity contribution is 5.17. The second-order valence-corrected chi connectivity index (χ2v) is 6.15. The normalized spacial score (nSPS) is 29.1. The minimum atomic E-state index is -0.302. The summed E-state index contributed by atoms with van der Waals surface area (Å²) in [6.45, 7) is 2.30. The van der Waals surface area contributed by atoms with Gasteiger partial charge in [0, 0.05) is 12.6 Å². The number of likely N-dealkylation sites (tertiary alicyclic amines) is 1. The van der Waals surface area contributed by atoms with Crippen LogP contribution >= 0.6 is 0 Å². The van der Waals surface area contributed by atoms with Gasteiger partial charge in [-0.3, -0.25) is 4.90 Å². The zero-order valence-corrected chi connectivity index (χ0v) is 11.7. The van der Waals surface area contributed by atoms with Gasteiger partial charge in [-0.05, 0) is 43.7 Å². The van der Waals surface area contributed by atoms with E-state index >= 15 is 0 Å². The molecule has 0 aromatic heterocycles. The molecule has 104 valence electrons. The van der Waals surface area contributed by atoms with Crippen molar-refractivity contribution in [2.24, 2.45) is 5.92 Å². The van der Waals surface area contributed by atoms with Crippen molar-refractivity contribution < 1.29 is 5.11 Å². The van der Waals surface area contributed by atoms with E-state index in [1.807, 2.05) is 30.3 Å². The molecule has 1 aliphatic carbocycles. The highest BCUT2D eigenvalue weighted by Crippen LogP contribution is 2.36. The Balaban J connectivity index is 1.52. The molecule has 3 atom stereocenters. The van der Waals surface area contributed by atoms with Crippen LogP contribution in [0.3, 0.4) is 0 Å². The number of benzene rings is 1. The van der Waals surface area contributed by atoms with Crippen molar-refractivity contribution >= 4 is 0 Å². The van der Waals surface area contributed by atoms with E-state index < -0.39 is 0 Å². The van der Waals surface area contributed by atoms with Crippen LogP contribution < -0.4 is 0 Å². The van der Waals surface area contributed by atoms with Gasteiger partial charge < -0.3 is 5.11 Å². The van der Waals surface area contributed by atoms with E-state index in [2.05, 4.69) is 4.90 Å². The van der Waals surface area contributed by atoms with Crippen molar-refractivity contribution in [1.82, 2.24) is 4.90 Å². The molecule has 3 unspecified atom stereocenters. The van der Waals surface area contributed by atoms with Gasteiger partial charge in [-0.15, -0.1) is 0 Å². The maximum absolute atomic E-state index is 10.3. The molecule has 2 fully saturated rings. The summed E-state index contributed by atoms with van der Waals surface area (Å²) in [4.78, 5) is 2.63. The molecule has 19 heavy (non-hydrogen) atoms. The van der Waals surface area contributed by atoms with Gasteiger partial charge in [0.1, 0.15) is 0 Å². The fourth-order valence-corrected chi connectivity index (χ4v) is 3.91. The van der Waals surface area contributed by atoms with E-state index in [-0.39, 0.29) is 6.10 Å². The first-order chi connectivity index (χ1) is 9.34. The molecule has 2 nitrogen and oxygen atoms in total. The number of aliphatic hydroxyl groups is 1. The van der Waals surface area contributed by atoms with Crippen LogP contribution in [0.25, 0.3) is 0 Å². The predicted molar refractivity (Wildman–Crippen MR) is 78.0 cm³/mol. The summed E-state index contributed by atoms with van der Waals surface area (Å²) in [6.07, 6.45) is 7.60. The Morgan fingerprint density at radius 3 is 2.74 bits per heavy atom. The van der Waals surface area contributed by atoms with Crippen molar-refractivity contribution in [3.63, 3.8) is 0 Å². The van der Waals surface area contributed by atoms with E-state index in [0.29, 0.717) is 0 Å². The summed E-state index contributed by atoms with van der Waals surface area (Å²) in [5.41, 5.74) is 1.06. The molecule has 1 N–H and O–H groups in total. The third-order valence-electron chi connectivity index (χ3n) is 5.00. The zero-order valence-electron chi connectivity index (χ0n) is 11.7. The number of aliphatic hydroxyl groups excluding tert-OH is 1. The van der Waals surface area contributed by atoms with Crippen LogP contribution in [0.2, 0.25) is 0 Å². The van der Waals surface area contributed by atoms with E-state index in [1.165, 1.54) is 38.6 Å². The Labute approximate surface area is 116 Å². The Morgan fingerprint density at radius 1 is 1.11 bits per heavy atom. The Kier molecular flexibility index (Phi) is 4.19. The predicted octanol–water partition coefficient (Wildman–Crippen LogP) is 3.37. The van der Waals surface area contributed by atoms with Crippen LogP contribution in [0.4, 0.5) is 0 Å². The molecular formula is C17H25NO. The van der Waals surface area contributed by atoms with Crippen LogP contribution in [0.15, 0.2) is 30.3 Å². The molecule has 1 aromatic carbocycles. The van der Waals surface area contributed by atoms with Crippen LogP contribution in [0, 0.1) is 5.92 Å². The maximum atomic E-state index is 10.3. The molecule has 0 spiro atoms. The van der Waals surface area contributed by atoms with Crippen molar-refractivity contribution in [3.05, 3.63) is 35.9 Å². The number of nitrogens with zero attached hydrogens (tertiary/aromatic N) is 1. The molecule has 0 radical (unpaired) electrons. The molecule has 1 aliphatic heterocycles. The first-order valence-electron chi connectivity index (χ1n) is 7.81. The minimum Gasteiger partial charge on any atom is -0.388 e. The number of hydrogen-bond acceptors (Lipinski definition) is 2. The van der Waals surface area contributed by atoms with Gasteiger partial charge in [-0.2, -0.15) is 0 Å². The third kappa shape index (κ3) is 3.01. The standard InChI is InChI=1S/C17H25NO/c19-17(15-7-2-1-3-8-15)11-13-18-12-10-14-6-4-5-9-16(14)18/h1-3,7-8,14,16-17,19H,4-6,9-13H2. The van der Waals surface area contributed by atoms with E-state index in [9.17, 15) is 5.11 Å². The highest BCUT2D eigenvalue weighted by atomic mass is 16.3. The molecule has 1 saturated heterocycles. The molecule has 0 amide bonds. The molecule has 0 bridgehead atoms. The van der Waals surface area contributed by atoms with Crippen LogP contribution in [-0.4, -0.2) is 29.1 Å². The smallest absolute Gasteiger partial charge is 0.0802 e. The SMILES string of the molecule is OC(CCN1CCC2CCCCC21)c1ccccc1. The van der Waals surface area contributed by atoms with Gasteiger partial charge >= 0.3 is 0 Å². The molecular weight excluding hydrogens is 234 g/mol. The summed E-state index contributed by atoms with van der Waals surface area (Å²) in [5.74, 6) is 0.947. The molecule has 2 heteroatoms. The second kappa shape index (κ2) is 6.06. The fourth-order valence-electron chi connectivity index (χ4n) is 3.91. The number of rotatable bonds is 4. The first-order valence-corrected chi connectivity index (χ1v) is 7.81. The van der Waals surface area contributed by atoms with E-state index in [1.54, 1.807) is 0 Å². The van der Waals surface area contributed by atoms with Gasteiger partial charge in [-0.25, -0.2) is 0 Å². The Bertz CT molecular complexity index is 392. The summed E-state index contributed by atoms with van der Waals surface area (Å²) in [6, 6.07) is 10.9. The lowest BCUT2D eigenvalue weighted by Crippen LogP contribution is -2.35. The van der Waals surface area contributed by atoms with Crippen LogP contribution in [-0.2, 0) is 0 Å². The molecule has 2 aliphatic rings. The lowest BCUT2D eigenvalue weighted by atomic mass is 9.85. The van der Waals surface area contributed by atoms with Crippen LogP contribution in [0.1, 0.15) is 50.2 Å². The largest absolute Gasteiger partial charge is 0.388 e. The average molecular weight is 259 g/mol. The van der Waals surface area contributed by atoms with Crippen LogP contribution in [0.5, 0.6) is 0 Å². The van der Waals surface area contributed by atoms with Gasteiger partial charge in [0.25, 0.3) is 0 Å². The Hall–Kier alpha value is -0.860. The van der Waals surface area contributed by atoms with E-state index in [4.69, 9.17) is 0 Å². The summed E-state index contributed by atoms with van der Waals surface area (Å²) in [5, 5.41) is 10.3. The zero-order chi connectivity index (χ0) is 13.1. The van der Waals surface area contributed by atoms with Crippen molar-refractivity contribution in [2.75, 3.05) is 13.1 Å². The monoisotopic (exact) mass is 259 g/mol. The maximum Gasteiger partial charge on any atom is 0.0802 e. The lowest BCUT2D eigenvalue weighted by molar-refractivity contribution is 0.123. The van der Waals surface area contributed by atoms with E-state index in [0.717, 1.165) is 30.5 Å². The first kappa shape index (κ1) is 13.1. The molecule has 1 saturated carbocycles. The quantitative estimate of drug-likeness (QED) is 0.896. The second-order valence-electron chi connectivity index (χ2n) is 6.15. The summed E-state index contributed by atoms with van der Waals surface area (Å²) in [7, 11) is 0. The van der Waals surface area contributed by atoms with Crippen molar-refractivity contribution in [2.45, 2.75) is 50.7 Å². The average Bonchev–Trinajstić information content (AvgIpc) is 2.89. The lowest BCUT2D eigenvalue weighted by Gasteiger charge is -2.32. The van der Waals surface area contributed by atoms with Gasteiger partial charge in [0.2, 0.25) is 0 Å². The summed E-state index contributed by atoms with van der Waals surface area (Å²) < 4.78 is 0.